The highest BCUT2D eigenvalue weighted by molar-refractivity contribution is 6.21. The molecule has 6 heteroatoms. The molecule has 0 aromatic heterocycles. The predicted molar refractivity (Wildman–Crippen MR) is 41.0 cm³/mol. The van der Waals surface area contributed by atoms with Crippen LogP contribution >= 0.6 is 11.6 Å². The van der Waals surface area contributed by atoms with Crippen molar-refractivity contribution in [3.05, 3.63) is 35.4 Å². The Kier molecular flexibility index (Phi) is 2.99. The lowest BCUT2D eigenvalue weighted by molar-refractivity contribution is -0.131. The SMILES string of the molecule is Fc1cc(F)cc(C(Cl)C(F)(F)F)c1. The molecule has 0 bridgehead atoms. The van der Waals surface area contributed by atoms with Gasteiger partial charge in [-0.15, -0.1) is 11.6 Å². The molecule has 0 saturated carbocycles. The van der Waals surface area contributed by atoms with Crippen LogP contribution in [-0.4, -0.2) is 6.18 Å². The first kappa shape index (κ1) is 11.2. The third kappa shape index (κ3) is 2.57. The van der Waals surface area contributed by atoms with E-state index in [9.17, 15) is 22.0 Å². The van der Waals surface area contributed by atoms with Crippen molar-refractivity contribution in [3.8, 4) is 0 Å². The van der Waals surface area contributed by atoms with Crippen LogP contribution in [0.3, 0.4) is 0 Å². The van der Waals surface area contributed by atoms with Crippen molar-refractivity contribution in [2.24, 2.45) is 0 Å². The predicted octanol–water partition coefficient (Wildman–Crippen LogP) is 3.81. The molecule has 1 unspecified atom stereocenters. The number of rotatable bonds is 1. The standard InChI is InChI=1S/C8H4ClF5/c9-7(8(12,13)14)4-1-5(10)3-6(11)2-4/h1-3,7H. The van der Waals surface area contributed by atoms with Crippen molar-refractivity contribution in [3.63, 3.8) is 0 Å². The second kappa shape index (κ2) is 3.73. The lowest BCUT2D eigenvalue weighted by Crippen LogP contribution is -2.15. The molecule has 0 radical (unpaired) electrons. The first-order valence-corrected chi connectivity index (χ1v) is 3.91. The minimum Gasteiger partial charge on any atom is -0.207 e. The summed E-state index contributed by atoms with van der Waals surface area (Å²) < 4.78 is 61.1. The Labute approximate surface area is 81.3 Å². The average Bonchev–Trinajstić information content (AvgIpc) is 1.99. The third-order valence-electron chi connectivity index (χ3n) is 1.46. The van der Waals surface area contributed by atoms with Crippen molar-refractivity contribution < 1.29 is 22.0 Å². The second-order valence-corrected chi connectivity index (χ2v) is 3.04. The maximum Gasteiger partial charge on any atom is 0.408 e. The van der Waals surface area contributed by atoms with E-state index in [1.54, 1.807) is 0 Å². The minimum absolute atomic E-state index is 0.476. The van der Waals surface area contributed by atoms with E-state index in [1.165, 1.54) is 0 Å². The van der Waals surface area contributed by atoms with E-state index in [-0.39, 0.29) is 0 Å². The highest BCUT2D eigenvalue weighted by Gasteiger charge is 2.39. The maximum absolute atomic E-state index is 12.5. The van der Waals surface area contributed by atoms with Gasteiger partial charge in [-0.1, -0.05) is 0 Å². The molecule has 0 spiro atoms. The van der Waals surface area contributed by atoms with Crippen molar-refractivity contribution in [1.29, 1.82) is 0 Å². The molecule has 0 nitrogen and oxygen atoms in total. The monoisotopic (exact) mass is 230 g/mol. The van der Waals surface area contributed by atoms with Crippen molar-refractivity contribution >= 4 is 11.6 Å². The summed E-state index contributed by atoms with van der Waals surface area (Å²) in [5.41, 5.74) is -0.642. The summed E-state index contributed by atoms with van der Waals surface area (Å²) in [5, 5.41) is -2.40. The van der Waals surface area contributed by atoms with E-state index in [1.807, 2.05) is 0 Å². The van der Waals surface area contributed by atoms with Gasteiger partial charge in [0.05, 0.1) is 0 Å². The first-order chi connectivity index (χ1) is 6.30. The van der Waals surface area contributed by atoms with Gasteiger partial charge in [-0.2, -0.15) is 13.2 Å². The molecule has 1 aromatic rings. The normalized spacial score (nSPS) is 14.1. The van der Waals surface area contributed by atoms with Gasteiger partial charge in [-0.25, -0.2) is 8.78 Å². The number of halogens is 6. The molecule has 0 aliphatic rings. The molecule has 0 aliphatic heterocycles. The third-order valence-corrected chi connectivity index (χ3v) is 1.96. The highest BCUT2D eigenvalue weighted by Crippen LogP contribution is 2.38. The van der Waals surface area contributed by atoms with Gasteiger partial charge in [0.2, 0.25) is 0 Å². The topological polar surface area (TPSA) is 0 Å². The minimum atomic E-state index is -4.72. The molecule has 78 valence electrons. The van der Waals surface area contributed by atoms with Crippen LogP contribution in [0.1, 0.15) is 10.9 Å². The molecule has 0 fully saturated rings. The summed E-state index contributed by atoms with van der Waals surface area (Å²) in [4.78, 5) is 0. The fourth-order valence-electron chi connectivity index (χ4n) is 0.910. The molecule has 1 rings (SSSR count). The zero-order valence-corrected chi connectivity index (χ0v) is 7.33. The van der Waals surface area contributed by atoms with Crippen LogP contribution in [-0.2, 0) is 0 Å². The largest absolute Gasteiger partial charge is 0.408 e. The second-order valence-electron chi connectivity index (χ2n) is 2.61. The molecule has 0 heterocycles. The number of hydrogen-bond donors (Lipinski definition) is 0. The van der Waals surface area contributed by atoms with Gasteiger partial charge in [0.25, 0.3) is 0 Å². The summed E-state index contributed by atoms with van der Waals surface area (Å²) in [6, 6.07) is 1.58. The molecular formula is C8H4ClF5. The average molecular weight is 231 g/mol. The molecule has 0 amide bonds. The first-order valence-electron chi connectivity index (χ1n) is 3.47. The Morgan fingerprint density at radius 3 is 1.79 bits per heavy atom. The lowest BCUT2D eigenvalue weighted by atomic mass is 10.1. The van der Waals surface area contributed by atoms with Gasteiger partial charge in [0.15, 0.2) is 5.38 Å². The van der Waals surface area contributed by atoms with Crippen LogP contribution in [0.4, 0.5) is 22.0 Å². The zero-order valence-electron chi connectivity index (χ0n) is 6.58. The van der Waals surface area contributed by atoms with Crippen LogP contribution in [0.15, 0.2) is 18.2 Å². The van der Waals surface area contributed by atoms with E-state index in [0.717, 1.165) is 0 Å². The van der Waals surface area contributed by atoms with E-state index >= 15 is 0 Å². The molecule has 0 saturated heterocycles. The van der Waals surface area contributed by atoms with Crippen LogP contribution in [0.2, 0.25) is 0 Å². The molecule has 0 N–H and O–H groups in total. The smallest absolute Gasteiger partial charge is 0.207 e. The highest BCUT2D eigenvalue weighted by atomic mass is 35.5. The number of benzene rings is 1. The number of hydrogen-bond acceptors (Lipinski definition) is 0. The Balaban J connectivity index is 3.07. The fraction of sp³-hybridized carbons (Fsp3) is 0.250. The van der Waals surface area contributed by atoms with Crippen LogP contribution in [0.5, 0.6) is 0 Å². The zero-order chi connectivity index (χ0) is 10.9. The Morgan fingerprint density at radius 2 is 1.43 bits per heavy atom. The van der Waals surface area contributed by atoms with Gasteiger partial charge >= 0.3 is 6.18 Å². The van der Waals surface area contributed by atoms with Gasteiger partial charge in [0.1, 0.15) is 11.6 Å². The maximum atomic E-state index is 12.5. The number of alkyl halides is 4. The quantitative estimate of drug-likeness (QED) is 0.508. The summed E-state index contributed by atoms with van der Waals surface area (Å²) >= 11 is 4.97. The van der Waals surface area contributed by atoms with E-state index in [2.05, 4.69) is 0 Å². The molecule has 0 aliphatic carbocycles. The van der Waals surface area contributed by atoms with Crippen molar-refractivity contribution in [2.45, 2.75) is 11.6 Å². The van der Waals surface area contributed by atoms with Crippen molar-refractivity contribution in [2.75, 3.05) is 0 Å². The Hall–Kier alpha value is -0.840. The van der Waals surface area contributed by atoms with E-state index < -0.39 is 28.8 Å². The summed E-state index contributed by atoms with van der Waals surface area (Å²) in [5.74, 6) is -2.18. The van der Waals surface area contributed by atoms with Crippen LogP contribution in [0.25, 0.3) is 0 Å². The van der Waals surface area contributed by atoms with Gasteiger partial charge < -0.3 is 0 Å². The van der Waals surface area contributed by atoms with Gasteiger partial charge in [-0.05, 0) is 17.7 Å². The molecule has 14 heavy (non-hydrogen) atoms. The fourth-order valence-corrected chi connectivity index (χ4v) is 1.04. The van der Waals surface area contributed by atoms with Crippen LogP contribution in [0, 0.1) is 11.6 Å². The molecule has 1 aromatic carbocycles. The lowest BCUT2D eigenvalue weighted by Gasteiger charge is -2.13. The van der Waals surface area contributed by atoms with E-state index in [4.69, 9.17) is 11.6 Å². The van der Waals surface area contributed by atoms with Crippen LogP contribution < -0.4 is 0 Å². The molecule has 1 atom stereocenters. The Bertz CT molecular complexity index is 313. The van der Waals surface area contributed by atoms with Gasteiger partial charge in [-0.3, -0.25) is 0 Å². The van der Waals surface area contributed by atoms with E-state index in [0.29, 0.717) is 18.2 Å². The summed E-state index contributed by atoms with van der Waals surface area (Å²) in [6.45, 7) is 0. The summed E-state index contributed by atoms with van der Waals surface area (Å²) in [6.07, 6.45) is -4.72. The molecular weight excluding hydrogens is 227 g/mol. The van der Waals surface area contributed by atoms with Crippen molar-refractivity contribution in [1.82, 2.24) is 0 Å². The summed E-state index contributed by atoms with van der Waals surface area (Å²) in [7, 11) is 0. The van der Waals surface area contributed by atoms with Gasteiger partial charge in [0, 0.05) is 6.07 Å². The Morgan fingerprint density at radius 1 is 1.00 bits per heavy atom.